The van der Waals surface area contributed by atoms with E-state index in [2.05, 4.69) is 12.1 Å². The Bertz CT molecular complexity index is 280. The summed E-state index contributed by atoms with van der Waals surface area (Å²) in [6.07, 6.45) is 0.942. The van der Waals surface area contributed by atoms with Gasteiger partial charge in [-0.2, -0.15) is 0 Å². The van der Waals surface area contributed by atoms with E-state index in [-0.39, 0.29) is 6.04 Å². The fourth-order valence-electron chi connectivity index (χ4n) is 1.70. The Morgan fingerprint density at radius 1 is 1.64 bits per heavy atom. The van der Waals surface area contributed by atoms with Gasteiger partial charge in [-0.15, -0.1) is 0 Å². The minimum Gasteiger partial charge on any atom is -0.361 e. The summed E-state index contributed by atoms with van der Waals surface area (Å²) in [5.41, 5.74) is 8.03. The molecule has 1 aromatic rings. The van der Waals surface area contributed by atoms with E-state index in [4.69, 9.17) is 10.3 Å². The summed E-state index contributed by atoms with van der Waals surface area (Å²) in [7, 11) is 0. The summed E-state index contributed by atoms with van der Waals surface area (Å²) in [4.78, 5) is 0. The van der Waals surface area contributed by atoms with Crippen molar-refractivity contribution < 1.29 is 4.52 Å². The van der Waals surface area contributed by atoms with Crippen molar-refractivity contribution in [1.82, 2.24) is 5.16 Å². The molecule has 2 unspecified atom stereocenters. The van der Waals surface area contributed by atoms with E-state index in [0.717, 1.165) is 23.4 Å². The molecule has 0 aromatic carbocycles. The monoisotopic (exact) mass is 152 g/mol. The van der Waals surface area contributed by atoms with Crippen LogP contribution in [0.15, 0.2) is 4.52 Å². The highest BCUT2D eigenvalue weighted by molar-refractivity contribution is 5.31. The van der Waals surface area contributed by atoms with Crippen molar-refractivity contribution in [2.24, 2.45) is 11.7 Å². The van der Waals surface area contributed by atoms with Crippen LogP contribution in [0, 0.1) is 12.8 Å². The lowest BCUT2D eigenvalue weighted by atomic mass is 10.0. The highest BCUT2D eigenvalue weighted by atomic mass is 16.5. The summed E-state index contributed by atoms with van der Waals surface area (Å²) < 4.78 is 5.12. The lowest BCUT2D eigenvalue weighted by Gasteiger charge is -2.08. The molecular formula is C8H12N2O. The summed E-state index contributed by atoms with van der Waals surface area (Å²) >= 11 is 0. The summed E-state index contributed by atoms with van der Waals surface area (Å²) in [6, 6.07) is 0.135. The molecule has 3 nitrogen and oxygen atoms in total. The van der Waals surface area contributed by atoms with Crippen LogP contribution < -0.4 is 5.73 Å². The average molecular weight is 152 g/mol. The molecule has 2 N–H and O–H groups in total. The Hall–Kier alpha value is -0.830. The Kier molecular flexibility index (Phi) is 1.29. The van der Waals surface area contributed by atoms with Crippen LogP contribution in [-0.2, 0) is 6.42 Å². The van der Waals surface area contributed by atoms with Crippen molar-refractivity contribution in [2.45, 2.75) is 26.3 Å². The first kappa shape index (κ1) is 6.85. The highest BCUT2D eigenvalue weighted by Gasteiger charge is 2.31. The maximum Gasteiger partial charge on any atom is 0.142 e. The van der Waals surface area contributed by atoms with Crippen LogP contribution in [0.25, 0.3) is 0 Å². The maximum atomic E-state index is 5.94. The summed E-state index contributed by atoms with van der Waals surface area (Å²) in [5, 5.41) is 3.87. The van der Waals surface area contributed by atoms with Gasteiger partial charge in [-0.25, -0.2) is 0 Å². The number of hydrogen-bond acceptors (Lipinski definition) is 3. The molecule has 2 rings (SSSR count). The van der Waals surface area contributed by atoms with E-state index in [1.54, 1.807) is 0 Å². The summed E-state index contributed by atoms with van der Waals surface area (Å²) in [5.74, 6) is 1.49. The molecule has 0 bridgehead atoms. The molecule has 1 aliphatic rings. The number of rotatable bonds is 0. The quantitative estimate of drug-likeness (QED) is 0.607. The second-order valence-corrected chi connectivity index (χ2v) is 3.31. The molecule has 0 saturated heterocycles. The van der Waals surface area contributed by atoms with Gasteiger partial charge in [0, 0.05) is 18.0 Å². The van der Waals surface area contributed by atoms with E-state index in [1.165, 1.54) is 0 Å². The minimum absolute atomic E-state index is 0.135. The first-order chi connectivity index (χ1) is 5.20. The number of hydrogen-bond donors (Lipinski definition) is 1. The molecule has 11 heavy (non-hydrogen) atoms. The van der Waals surface area contributed by atoms with Gasteiger partial charge in [0.15, 0.2) is 0 Å². The highest BCUT2D eigenvalue weighted by Crippen LogP contribution is 2.35. The third-order valence-electron chi connectivity index (χ3n) is 2.44. The predicted octanol–water partition coefficient (Wildman–Crippen LogP) is 1.18. The smallest absolute Gasteiger partial charge is 0.142 e. The Morgan fingerprint density at radius 2 is 2.36 bits per heavy atom. The van der Waals surface area contributed by atoms with Crippen LogP contribution in [0.1, 0.15) is 30.0 Å². The average Bonchev–Trinajstić information content (AvgIpc) is 2.41. The number of nitrogens with zero attached hydrogens (tertiary/aromatic N) is 1. The zero-order valence-corrected chi connectivity index (χ0v) is 6.79. The molecule has 1 aromatic heterocycles. The van der Waals surface area contributed by atoms with Crippen molar-refractivity contribution in [1.29, 1.82) is 0 Å². The number of aryl methyl sites for hydroxylation is 1. The maximum absolute atomic E-state index is 5.94. The standard InChI is InChI=1S/C8H12N2O/c1-4-3-6-7(8(4)9)5(2)10-11-6/h4,8H,3,9H2,1-2H3. The lowest BCUT2D eigenvalue weighted by molar-refractivity contribution is 0.365. The zero-order chi connectivity index (χ0) is 8.01. The molecule has 0 saturated carbocycles. The fourth-order valence-corrected chi connectivity index (χ4v) is 1.70. The normalized spacial score (nSPS) is 29.0. The van der Waals surface area contributed by atoms with Gasteiger partial charge in [0.05, 0.1) is 5.69 Å². The Balaban J connectivity index is 2.49. The van der Waals surface area contributed by atoms with Crippen molar-refractivity contribution in [2.75, 3.05) is 0 Å². The molecule has 3 heteroatoms. The van der Waals surface area contributed by atoms with Crippen LogP contribution in [0.2, 0.25) is 0 Å². The van der Waals surface area contributed by atoms with E-state index in [0.29, 0.717) is 5.92 Å². The molecule has 0 amide bonds. The molecule has 1 heterocycles. The van der Waals surface area contributed by atoms with E-state index >= 15 is 0 Å². The summed E-state index contributed by atoms with van der Waals surface area (Å²) in [6.45, 7) is 4.08. The number of nitrogens with two attached hydrogens (primary N) is 1. The van der Waals surface area contributed by atoms with Gasteiger partial charge in [0.25, 0.3) is 0 Å². The third kappa shape index (κ3) is 0.807. The topological polar surface area (TPSA) is 52.0 Å². The lowest BCUT2D eigenvalue weighted by Crippen LogP contribution is -2.14. The van der Waals surface area contributed by atoms with Crippen LogP contribution >= 0.6 is 0 Å². The number of aromatic nitrogens is 1. The first-order valence-electron chi connectivity index (χ1n) is 3.90. The second kappa shape index (κ2) is 2.08. The SMILES string of the molecule is Cc1noc2c1C(N)C(C)C2. The third-order valence-corrected chi connectivity index (χ3v) is 2.44. The van der Waals surface area contributed by atoms with Crippen molar-refractivity contribution in [3.8, 4) is 0 Å². The number of fused-ring (bicyclic) bond motifs is 1. The van der Waals surface area contributed by atoms with Gasteiger partial charge in [-0.3, -0.25) is 0 Å². The van der Waals surface area contributed by atoms with Gasteiger partial charge in [-0.1, -0.05) is 12.1 Å². The molecule has 60 valence electrons. The van der Waals surface area contributed by atoms with Crippen LogP contribution in [0.5, 0.6) is 0 Å². The zero-order valence-electron chi connectivity index (χ0n) is 6.79. The van der Waals surface area contributed by atoms with E-state index in [9.17, 15) is 0 Å². The first-order valence-corrected chi connectivity index (χ1v) is 3.90. The molecule has 0 radical (unpaired) electrons. The predicted molar refractivity (Wildman–Crippen MR) is 41.0 cm³/mol. The van der Waals surface area contributed by atoms with E-state index in [1.807, 2.05) is 6.92 Å². The van der Waals surface area contributed by atoms with Gasteiger partial charge in [-0.05, 0) is 12.8 Å². The Labute approximate surface area is 65.6 Å². The van der Waals surface area contributed by atoms with Crippen molar-refractivity contribution in [3.05, 3.63) is 17.0 Å². The van der Waals surface area contributed by atoms with Gasteiger partial charge >= 0.3 is 0 Å². The molecule has 0 aliphatic heterocycles. The molecular weight excluding hydrogens is 140 g/mol. The molecule has 1 aliphatic carbocycles. The van der Waals surface area contributed by atoms with E-state index < -0.39 is 0 Å². The molecule has 2 atom stereocenters. The molecule has 0 fully saturated rings. The van der Waals surface area contributed by atoms with Crippen LogP contribution in [0.3, 0.4) is 0 Å². The second-order valence-electron chi connectivity index (χ2n) is 3.31. The van der Waals surface area contributed by atoms with Crippen LogP contribution in [0.4, 0.5) is 0 Å². The van der Waals surface area contributed by atoms with Crippen LogP contribution in [-0.4, -0.2) is 5.16 Å². The van der Waals surface area contributed by atoms with Gasteiger partial charge in [0.1, 0.15) is 5.76 Å². The van der Waals surface area contributed by atoms with Gasteiger partial charge < -0.3 is 10.3 Å². The Morgan fingerprint density at radius 3 is 3.00 bits per heavy atom. The largest absolute Gasteiger partial charge is 0.361 e. The van der Waals surface area contributed by atoms with Gasteiger partial charge in [0.2, 0.25) is 0 Å². The fraction of sp³-hybridized carbons (Fsp3) is 0.625. The minimum atomic E-state index is 0.135. The molecule has 0 spiro atoms. The van der Waals surface area contributed by atoms with Crippen molar-refractivity contribution in [3.63, 3.8) is 0 Å². The van der Waals surface area contributed by atoms with Crippen molar-refractivity contribution >= 4 is 0 Å².